The maximum Gasteiger partial charge on any atom is 0.500 e. The van der Waals surface area contributed by atoms with Crippen molar-refractivity contribution in [3.63, 3.8) is 0 Å². The molecule has 98 valence electrons. The Hall–Kier alpha value is 1.18. The number of alkyl halides is 1. The van der Waals surface area contributed by atoms with E-state index in [1.54, 1.807) is 21.3 Å². The van der Waals surface area contributed by atoms with E-state index < -0.39 is 8.80 Å². The van der Waals surface area contributed by atoms with Crippen LogP contribution in [0.2, 0.25) is 6.04 Å². The Morgan fingerprint density at radius 3 is 2.06 bits per heavy atom. The number of thiol groups is 1. The molecule has 6 heteroatoms. The first-order valence-corrected chi connectivity index (χ1v) is 9.51. The Bertz CT molecular complexity index is 162. The summed E-state index contributed by atoms with van der Waals surface area (Å²) >= 11 is 6.99. The molecule has 0 fully saturated rings. The van der Waals surface area contributed by atoms with Crippen LogP contribution in [0.15, 0.2) is 0 Å². The molecular weight excluding hydrogens is 355 g/mol. The summed E-state index contributed by atoms with van der Waals surface area (Å²) in [5.74, 6) is 0. The Labute approximate surface area is 120 Å². The molecular formula is C10H23IO3SSi. The summed E-state index contributed by atoms with van der Waals surface area (Å²) in [6.45, 7) is 0. The van der Waals surface area contributed by atoms with Crippen LogP contribution in [0.3, 0.4) is 0 Å². The predicted molar refractivity (Wildman–Crippen MR) is 81.7 cm³/mol. The van der Waals surface area contributed by atoms with Crippen molar-refractivity contribution in [2.45, 2.75) is 37.0 Å². The highest BCUT2D eigenvalue weighted by Gasteiger charge is 2.37. The third kappa shape index (κ3) is 6.80. The van der Waals surface area contributed by atoms with Crippen molar-refractivity contribution in [1.82, 2.24) is 0 Å². The van der Waals surface area contributed by atoms with Crippen molar-refractivity contribution in [2.24, 2.45) is 0 Å². The van der Waals surface area contributed by atoms with Crippen LogP contribution in [0, 0.1) is 0 Å². The van der Waals surface area contributed by atoms with E-state index in [4.69, 9.17) is 13.3 Å². The highest BCUT2D eigenvalue weighted by atomic mass is 127. The van der Waals surface area contributed by atoms with Gasteiger partial charge >= 0.3 is 8.80 Å². The first-order chi connectivity index (χ1) is 7.64. The standard InChI is InChI=1S/C10H23IO3SSi/c1-12-16(13-2,14-3)9-7-10(15)6-4-5-8-11/h10,15H,4-9H2,1-3H3. The molecule has 16 heavy (non-hydrogen) atoms. The van der Waals surface area contributed by atoms with Crippen LogP contribution in [-0.2, 0) is 13.3 Å². The molecule has 0 aromatic rings. The lowest BCUT2D eigenvalue weighted by Crippen LogP contribution is -2.43. The van der Waals surface area contributed by atoms with Gasteiger partial charge in [0, 0.05) is 32.6 Å². The minimum atomic E-state index is -2.38. The first kappa shape index (κ1) is 17.2. The maximum atomic E-state index is 5.37. The van der Waals surface area contributed by atoms with E-state index in [2.05, 4.69) is 35.2 Å². The van der Waals surface area contributed by atoms with Gasteiger partial charge in [-0.25, -0.2) is 0 Å². The van der Waals surface area contributed by atoms with Gasteiger partial charge in [0.15, 0.2) is 0 Å². The number of hydrogen-bond acceptors (Lipinski definition) is 4. The molecule has 0 aromatic carbocycles. The molecule has 0 saturated heterocycles. The van der Waals surface area contributed by atoms with Gasteiger partial charge in [0.1, 0.15) is 0 Å². The average Bonchev–Trinajstić information content (AvgIpc) is 2.32. The monoisotopic (exact) mass is 378 g/mol. The van der Waals surface area contributed by atoms with Crippen molar-refractivity contribution in [2.75, 3.05) is 25.8 Å². The normalized spacial score (nSPS) is 14.1. The summed E-state index contributed by atoms with van der Waals surface area (Å²) in [6, 6.07) is 0.842. The van der Waals surface area contributed by atoms with Crippen LogP contribution in [-0.4, -0.2) is 39.8 Å². The van der Waals surface area contributed by atoms with E-state index in [0.29, 0.717) is 5.25 Å². The van der Waals surface area contributed by atoms with E-state index in [9.17, 15) is 0 Å². The Morgan fingerprint density at radius 2 is 1.62 bits per heavy atom. The molecule has 1 atom stereocenters. The van der Waals surface area contributed by atoms with E-state index in [-0.39, 0.29) is 0 Å². The highest BCUT2D eigenvalue weighted by molar-refractivity contribution is 14.1. The van der Waals surface area contributed by atoms with E-state index in [1.165, 1.54) is 17.3 Å². The van der Waals surface area contributed by atoms with Gasteiger partial charge in [-0.05, 0) is 23.7 Å². The van der Waals surface area contributed by atoms with Crippen LogP contribution in [0.4, 0.5) is 0 Å². The van der Waals surface area contributed by atoms with E-state index >= 15 is 0 Å². The molecule has 0 spiro atoms. The van der Waals surface area contributed by atoms with Crippen molar-refractivity contribution in [3.05, 3.63) is 0 Å². The van der Waals surface area contributed by atoms with Gasteiger partial charge in [0.05, 0.1) is 0 Å². The molecule has 0 heterocycles. The Morgan fingerprint density at radius 1 is 1.06 bits per heavy atom. The fourth-order valence-corrected chi connectivity index (χ4v) is 4.43. The molecule has 0 bridgehead atoms. The van der Waals surface area contributed by atoms with Crippen LogP contribution < -0.4 is 0 Å². The molecule has 0 aliphatic carbocycles. The van der Waals surface area contributed by atoms with E-state index in [0.717, 1.165) is 18.9 Å². The quantitative estimate of drug-likeness (QED) is 0.208. The van der Waals surface area contributed by atoms with Crippen LogP contribution >= 0.6 is 35.2 Å². The maximum absolute atomic E-state index is 5.37. The third-order valence-electron chi connectivity index (χ3n) is 2.64. The molecule has 0 radical (unpaired) electrons. The largest absolute Gasteiger partial charge is 0.500 e. The van der Waals surface area contributed by atoms with Crippen molar-refractivity contribution < 1.29 is 13.3 Å². The van der Waals surface area contributed by atoms with Gasteiger partial charge in [-0.15, -0.1) is 0 Å². The fraction of sp³-hybridized carbons (Fsp3) is 1.00. The van der Waals surface area contributed by atoms with Crippen molar-refractivity contribution in [3.8, 4) is 0 Å². The number of halogens is 1. The lowest BCUT2D eigenvalue weighted by molar-refractivity contribution is 0.123. The van der Waals surface area contributed by atoms with Gasteiger partial charge in [-0.1, -0.05) is 29.0 Å². The average molecular weight is 378 g/mol. The smallest absolute Gasteiger partial charge is 0.377 e. The molecule has 3 nitrogen and oxygen atoms in total. The second kappa shape index (κ2) is 10.1. The zero-order valence-corrected chi connectivity index (χ0v) is 14.4. The lowest BCUT2D eigenvalue weighted by atomic mass is 10.2. The summed E-state index contributed by atoms with van der Waals surface area (Å²) in [4.78, 5) is 0. The SMILES string of the molecule is CO[Si](CCC(S)CCCCI)(OC)OC. The molecule has 0 aromatic heterocycles. The number of hydrogen-bond donors (Lipinski definition) is 1. The van der Waals surface area contributed by atoms with Gasteiger partial charge < -0.3 is 13.3 Å². The summed E-state index contributed by atoms with van der Waals surface area (Å²) in [6.07, 6.45) is 4.68. The molecule has 0 aliphatic rings. The predicted octanol–water partition coefficient (Wildman–Crippen LogP) is 3.16. The molecule has 0 saturated carbocycles. The van der Waals surface area contributed by atoms with Crippen LogP contribution in [0.5, 0.6) is 0 Å². The summed E-state index contributed by atoms with van der Waals surface area (Å²) in [5.41, 5.74) is 0. The lowest BCUT2D eigenvalue weighted by Gasteiger charge is -2.25. The molecule has 0 aliphatic heterocycles. The molecule has 0 N–H and O–H groups in total. The zero-order chi connectivity index (χ0) is 12.4. The number of unbranched alkanes of at least 4 members (excludes halogenated alkanes) is 1. The number of rotatable bonds is 10. The topological polar surface area (TPSA) is 27.7 Å². The molecule has 0 amide bonds. The summed E-state index contributed by atoms with van der Waals surface area (Å²) < 4.78 is 17.3. The second-order valence-corrected chi connectivity index (χ2v) is 8.57. The molecule has 0 rings (SSSR count). The Kier molecular flexibility index (Phi) is 10.9. The highest BCUT2D eigenvalue weighted by Crippen LogP contribution is 2.21. The van der Waals surface area contributed by atoms with Gasteiger partial charge in [0.2, 0.25) is 0 Å². The van der Waals surface area contributed by atoms with Crippen LogP contribution in [0.25, 0.3) is 0 Å². The fourth-order valence-electron chi connectivity index (χ4n) is 1.52. The molecule has 1 unspecified atom stereocenters. The van der Waals surface area contributed by atoms with Crippen molar-refractivity contribution in [1.29, 1.82) is 0 Å². The van der Waals surface area contributed by atoms with Gasteiger partial charge in [-0.3, -0.25) is 0 Å². The van der Waals surface area contributed by atoms with Gasteiger partial charge in [0.25, 0.3) is 0 Å². The zero-order valence-electron chi connectivity index (χ0n) is 10.4. The Balaban J connectivity index is 3.82. The first-order valence-electron chi connectivity index (χ1n) is 5.53. The van der Waals surface area contributed by atoms with Gasteiger partial charge in [-0.2, -0.15) is 12.6 Å². The second-order valence-electron chi connectivity index (χ2n) is 3.67. The summed E-state index contributed by atoms with van der Waals surface area (Å²) in [7, 11) is 2.59. The van der Waals surface area contributed by atoms with E-state index in [1.807, 2.05) is 0 Å². The summed E-state index contributed by atoms with van der Waals surface area (Å²) in [5, 5.41) is 0.426. The third-order valence-corrected chi connectivity index (χ3v) is 6.68. The minimum Gasteiger partial charge on any atom is -0.377 e. The minimum absolute atomic E-state index is 0.426. The van der Waals surface area contributed by atoms with Crippen molar-refractivity contribution >= 4 is 44.0 Å². The van der Waals surface area contributed by atoms with Crippen LogP contribution in [0.1, 0.15) is 25.7 Å².